The number of nitrogens with two attached hydrogens (primary N) is 1. The monoisotopic (exact) mass is 574 g/mol. The van der Waals surface area contributed by atoms with Crippen LogP contribution in [0.3, 0.4) is 0 Å². The second-order valence-corrected chi connectivity index (χ2v) is 11.8. The standard InChI is InChI=1S/C29H46N6O6/c1-28(2,3)40-26(38)34-22(13-9-10-14-30)24(36)31-15-16-32-25(37)23(35-27(39)41-29(4,5)6)17-19-18-33-21-12-8-7-11-20(19)21/h7-8,11-12,18,22-23,33H,9-10,13-17,30H2,1-6H3,(H,31,36)(H,32,37)(H,34,38)(H,35,39)/t22-,23-/m0/s1. The maximum absolute atomic E-state index is 13.1. The number of ether oxygens (including phenoxy) is 2. The van der Waals surface area contributed by atoms with Gasteiger partial charge in [0.1, 0.15) is 23.3 Å². The Hall–Kier alpha value is -3.80. The molecule has 0 aliphatic heterocycles. The van der Waals surface area contributed by atoms with Crippen LogP contribution >= 0.6 is 0 Å². The van der Waals surface area contributed by atoms with E-state index in [0.29, 0.717) is 25.8 Å². The molecule has 4 amide bonds. The van der Waals surface area contributed by atoms with E-state index >= 15 is 0 Å². The first-order valence-electron chi connectivity index (χ1n) is 14.0. The number of H-pyrrole nitrogens is 1. The molecule has 0 saturated carbocycles. The lowest BCUT2D eigenvalue weighted by atomic mass is 10.0. The first-order chi connectivity index (χ1) is 19.2. The van der Waals surface area contributed by atoms with Gasteiger partial charge in [0.2, 0.25) is 11.8 Å². The molecule has 2 rings (SSSR count). The number of rotatable bonds is 13. The quantitative estimate of drug-likeness (QED) is 0.199. The summed E-state index contributed by atoms with van der Waals surface area (Å²) in [5, 5.41) is 11.7. The fourth-order valence-electron chi connectivity index (χ4n) is 4.01. The maximum atomic E-state index is 13.1. The average Bonchev–Trinajstić information content (AvgIpc) is 3.26. The second-order valence-electron chi connectivity index (χ2n) is 11.8. The zero-order valence-electron chi connectivity index (χ0n) is 25.0. The van der Waals surface area contributed by atoms with Crippen molar-refractivity contribution in [2.45, 2.75) is 90.5 Å². The number of para-hydroxylation sites is 1. The lowest BCUT2D eigenvalue weighted by Crippen LogP contribution is -2.52. The first-order valence-corrected chi connectivity index (χ1v) is 14.0. The number of unbranched alkanes of at least 4 members (excludes halogenated alkanes) is 1. The number of carbonyl (C=O) groups is 4. The summed E-state index contributed by atoms with van der Waals surface area (Å²) in [5.74, 6) is -0.828. The number of alkyl carbamates (subject to hydrolysis) is 2. The molecule has 12 heteroatoms. The molecule has 0 aliphatic rings. The molecule has 0 bridgehead atoms. The van der Waals surface area contributed by atoms with Crippen molar-refractivity contribution in [2.24, 2.45) is 5.73 Å². The highest BCUT2D eigenvalue weighted by atomic mass is 16.6. The van der Waals surface area contributed by atoms with E-state index in [4.69, 9.17) is 15.2 Å². The third-order valence-electron chi connectivity index (χ3n) is 5.78. The minimum absolute atomic E-state index is 0.104. The summed E-state index contributed by atoms with van der Waals surface area (Å²) in [6.07, 6.45) is 2.38. The van der Waals surface area contributed by atoms with E-state index in [-0.39, 0.29) is 19.5 Å². The number of fused-ring (bicyclic) bond motifs is 1. The molecule has 0 aliphatic carbocycles. The van der Waals surface area contributed by atoms with Crippen LogP contribution in [0.1, 0.15) is 66.4 Å². The van der Waals surface area contributed by atoms with E-state index < -0.39 is 47.3 Å². The van der Waals surface area contributed by atoms with Crippen LogP contribution in [0, 0.1) is 0 Å². The Morgan fingerprint density at radius 3 is 1.93 bits per heavy atom. The van der Waals surface area contributed by atoms with Gasteiger partial charge in [0.05, 0.1) is 0 Å². The molecule has 41 heavy (non-hydrogen) atoms. The molecule has 2 aromatic rings. The van der Waals surface area contributed by atoms with Gasteiger partial charge in [0.25, 0.3) is 0 Å². The molecule has 12 nitrogen and oxygen atoms in total. The zero-order chi connectivity index (χ0) is 30.6. The van der Waals surface area contributed by atoms with Crippen LogP contribution < -0.4 is 27.0 Å². The third-order valence-corrected chi connectivity index (χ3v) is 5.78. The minimum Gasteiger partial charge on any atom is -0.444 e. The van der Waals surface area contributed by atoms with E-state index in [9.17, 15) is 19.2 Å². The SMILES string of the molecule is CC(C)(C)OC(=O)N[C@@H](CCCCN)C(=O)NCCNC(=O)[C@H](Cc1c[nH]c2ccccc12)NC(=O)OC(C)(C)C. The molecular formula is C29H46N6O6. The molecule has 1 aromatic heterocycles. The number of aromatic amines is 1. The summed E-state index contributed by atoms with van der Waals surface area (Å²) in [5.41, 5.74) is 5.91. The highest BCUT2D eigenvalue weighted by Gasteiger charge is 2.26. The van der Waals surface area contributed by atoms with Gasteiger partial charge < -0.3 is 41.5 Å². The molecule has 2 atom stereocenters. The van der Waals surface area contributed by atoms with Crippen molar-refractivity contribution in [3.05, 3.63) is 36.0 Å². The fraction of sp³-hybridized carbons (Fsp3) is 0.586. The molecule has 0 unspecified atom stereocenters. The smallest absolute Gasteiger partial charge is 0.408 e. The molecule has 1 aromatic carbocycles. The minimum atomic E-state index is -0.919. The fourth-order valence-corrected chi connectivity index (χ4v) is 4.01. The van der Waals surface area contributed by atoms with Crippen molar-refractivity contribution in [3.8, 4) is 0 Å². The normalized spacial score (nSPS) is 13.1. The van der Waals surface area contributed by atoms with E-state index in [1.807, 2.05) is 30.5 Å². The summed E-state index contributed by atoms with van der Waals surface area (Å²) in [4.78, 5) is 53.9. The highest BCUT2D eigenvalue weighted by molar-refractivity contribution is 5.89. The van der Waals surface area contributed by atoms with Gasteiger partial charge in [-0.3, -0.25) is 9.59 Å². The number of hydrogen-bond donors (Lipinski definition) is 6. The predicted octanol–water partition coefficient (Wildman–Crippen LogP) is 2.86. The lowest BCUT2D eigenvalue weighted by Gasteiger charge is -2.24. The number of nitrogens with one attached hydrogen (secondary N) is 5. The Balaban J connectivity index is 1.99. The topological polar surface area (TPSA) is 177 Å². The summed E-state index contributed by atoms with van der Waals surface area (Å²) in [6, 6.07) is 5.95. The molecule has 1 heterocycles. The Labute approximate surface area is 241 Å². The Kier molecular flexibility index (Phi) is 12.4. The zero-order valence-corrected chi connectivity index (χ0v) is 25.0. The van der Waals surface area contributed by atoms with Crippen LogP contribution in [0.25, 0.3) is 10.9 Å². The number of benzene rings is 1. The first kappa shape index (κ1) is 33.4. The van der Waals surface area contributed by atoms with E-state index in [1.54, 1.807) is 41.5 Å². The number of hydrogen-bond acceptors (Lipinski definition) is 7. The average molecular weight is 575 g/mol. The van der Waals surface area contributed by atoms with Gasteiger partial charge in [-0.2, -0.15) is 0 Å². The van der Waals surface area contributed by atoms with Crippen LogP contribution in [0.5, 0.6) is 0 Å². The van der Waals surface area contributed by atoms with Crippen LogP contribution in [0.2, 0.25) is 0 Å². The van der Waals surface area contributed by atoms with Gasteiger partial charge in [0, 0.05) is 36.6 Å². The molecule has 0 fully saturated rings. The summed E-state index contributed by atoms with van der Waals surface area (Å²) < 4.78 is 10.6. The Morgan fingerprint density at radius 2 is 1.37 bits per heavy atom. The van der Waals surface area contributed by atoms with Crippen molar-refractivity contribution in [3.63, 3.8) is 0 Å². The number of carbonyl (C=O) groups excluding carboxylic acids is 4. The van der Waals surface area contributed by atoms with Crippen LogP contribution in [0.4, 0.5) is 9.59 Å². The largest absolute Gasteiger partial charge is 0.444 e. The van der Waals surface area contributed by atoms with Crippen LogP contribution in [0.15, 0.2) is 30.5 Å². The summed E-state index contributed by atoms with van der Waals surface area (Å²) in [6.45, 7) is 11.1. The number of aromatic nitrogens is 1. The Morgan fingerprint density at radius 1 is 0.829 bits per heavy atom. The van der Waals surface area contributed by atoms with Crippen LogP contribution in [-0.2, 0) is 25.5 Å². The van der Waals surface area contributed by atoms with Gasteiger partial charge >= 0.3 is 12.2 Å². The second kappa shape index (κ2) is 15.3. The summed E-state index contributed by atoms with van der Waals surface area (Å²) in [7, 11) is 0. The molecule has 0 radical (unpaired) electrons. The van der Waals surface area contributed by atoms with E-state index in [2.05, 4.69) is 26.3 Å². The third kappa shape index (κ3) is 12.5. The van der Waals surface area contributed by atoms with Gasteiger partial charge in [0.15, 0.2) is 0 Å². The van der Waals surface area contributed by atoms with Crippen molar-refractivity contribution >= 4 is 34.9 Å². The highest BCUT2D eigenvalue weighted by Crippen LogP contribution is 2.19. The molecule has 0 spiro atoms. The Bertz CT molecular complexity index is 1170. The van der Waals surface area contributed by atoms with Gasteiger partial charge in [-0.25, -0.2) is 9.59 Å². The maximum Gasteiger partial charge on any atom is 0.408 e. The molecule has 228 valence electrons. The molecular weight excluding hydrogens is 528 g/mol. The lowest BCUT2D eigenvalue weighted by molar-refractivity contribution is -0.125. The van der Waals surface area contributed by atoms with E-state index in [1.165, 1.54) is 0 Å². The van der Waals surface area contributed by atoms with Crippen molar-refractivity contribution < 1.29 is 28.7 Å². The van der Waals surface area contributed by atoms with Gasteiger partial charge in [-0.1, -0.05) is 18.2 Å². The van der Waals surface area contributed by atoms with E-state index in [0.717, 1.165) is 16.5 Å². The summed E-state index contributed by atoms with van der Waals surface area (Å²) >= 11 is 0. The van der Waals surface area contributed by atoms with Gasteiger partial charge in [-0.05, 0) is 79.0 Å². The predicted molar refractivity (Wildman–Crippen MR) is 157 cm³/mol. The molecule has 0 saturated heterocycles. The van der Waals surface area contributed by atoms with Crippen molar-refractivity contribution in [1.29, 1.82) is 0 Å². The molecule has 7 N–H and O–H groups in total. The van der Waals surface area contributed by atoms with Crippen LogP contribution in [-0.4, -0.2) is 71.9 Å². The van der Waals surface area contributed by atoms with Gasteiger partial charge in [-0.15, -0.1) is 0 Å². The van der Waals surface area contributed by atoms with Crippen molar-refractivity contribution in [1.82, 2.24) is 26.3 Å². The number of amides is 4. The van der Waals surface area contributed by atoms with Crippen molar-refractivity contribution in [2.75, 3.05) is 19.6 Å².